The van der Waals surface area contributed by atoms with Gasteiger partial charge in [-0.2, -0.15) is 0 Å². The first-order chi connectivity index (χ1) is 21.3. The first kappa shape index (κ1) is 27.5. The molecule has 0 nitrogen and oxygen atoms in total. The van der Waals surface area contributed by atoms with Gasteiger partial charge in [0.25, 0.3) is 0 Å². The highest BCUT2D eigenvalue weighted by Gasteiger charge is 2.26. The Hall–Kier alpha value is -4.34. The Morgan fingerprint density at radius 2 is 0.837 bits per heavy atom. The van der Waals surface area contributed by atoms with Crippen molar-refractivity contribution < 1.29 is 0 Å². The largest absolute Gasteiger partial charge is 0.103 e. The molecule has 0 saturated heterocycles. The zero-order chi connectivity index (χ0) is 29.0. The lowest BCUT2D eigenvalue weighted by Gasteiger charge is -2.28. The van der Waals surface area contributed by atoms with Crippen LogP contribution in [0.3, 0.4) is 0 Å². The van der Waals surface area contributed by atoms with Crippen molar-refractivity contribution >= 4 is 63.9 Å². The molecule has 0 N–H and O–H groups in total. The number of hydrogen-bond acceptors (Lipinski definition) is 0. The molecule has 7 aromatic carbocycles. The summed E-state index contributed by atoms with van der Waals surface area (Å²) in [6.07, 6.45) is 3.03. The Labute approximate surface area is 256 Å². The summed E-state index contributed by atoms with van der Waals surface area (Å²) < 4.78 is 0. The molecule has 1 atom stereocenters. The molecule has 2 heteroatoms. The van der Waals surface area contributed by atoms with Crippen LogP contribution in [0, 0.1) is 0 Å². The topological polar surface area (TPSA) is 0 Å². The quantitative estimate of drug-likeness (QED) is 0.123. The number of hydrogen-bond donors (Lipinski definition) is 0. The third-order valence-corrected chi connectivity index (χ3v) is 13.0. The number of rotatable bonds is 8. The van der Waals surface area contributed by atoms with Gasteiger partial charge >= 0.3 is 0 Å². The predicted octanol–water partition coefficient (Wildman–Crippen LogP) is 9.04. The Kier molecular flexibility index (Phi) is 7.98. The molecule has 0 aromatic heterocycles. The normalized spacial score (nSPS) is 12.0. The fourth-order valence-electron chi connectivity index (χ4n) is 6.12. The summed E-state index contributed by atoms with van der Waals surface area (Å²) in [5, 5.41) is 12.0. The molecule has 1 unspecified atom stereocenters. The van der Waals surface area contributed by atoms with E-state index < -0.39 is 15.8 Å². The monoisotopic (exact) mass is 586 g/mol. The second-order valence-corrected chi connectivity index (χ2v) is 15.0. The van der Waals surface area contributed by atoms with E-state index in [2.05, 4.69) is 176 Å². The van der Waals surface area contributed by atoms with Crippen LogP contribution in [0.4, 0.5) is 0 Å². The van der Waals surface area contributed by atoms with Crippen LogP contribution in [-0.4, -0.2) is 6.16 Å². The molecule has 0 bridgehead atoms. The summed E-state index contributed by atoms with van der Waals surface area (Å²) in [5.74, 6) is 0. The van der Waals surface area contributed by atoms with Gasteiger partial charge in [-0.1, -0.05) is 170 Å². The molecule has 0 aliphatic heterocycles. The maximum atomic E-state index is 4.21. The van der Waals surface area contributed by atoms with E-state index >= 15 is 0 Å². The molecular weight excluding hydrogens is 554 g/mol. The minimum atomic E-state index is -0.826. The minimum Gasteiger partial charge on any atom is -0.103 e. The smallest absolute Gasteiger partial charge is 0.000895 e. The minimum absolute atomic E-state index is 0.675. The van der Waals surface area contributed by atoms with Crippen molar-refractivity contribution in [3.05, 3.63) is 176 Å². The molecule has 0 saturated carbocycles. The molecule has 0 aliphatic rings. The van der Waals surface area contributed by atoms with Crippen LogP contribution in [0.1, 0.15) is 0 Å². The van der Waals surface area contributed by atoms with Crippen molar-refractivity contribution in [2.75, 3.05) is 6.16 Å². The van der Waals surface area contributed by atoms with Crippen LogP contribution in [0.5, 0.6) is 0 Å². The molecule has 43 heavy (non-hydrogen) atoms. The van der Waals surface area contributed by atoms with Crippen molar-refractivity contribution in [3.8, 4) is 11.1 Å². The van der Waals surface area contributed by atoms with E-state index in [1.807, 2.05) is 0 Å². The van der Waals surface area contributed by atoms with Crippen molar-refractivity contribution in [3.63, 3.8) is 0 Å². The van der Waals surface area contributed by atoms with E-state index in [9.17, 15) is 0 Å². The van der Waals surface area contributed by atoms with Crippen LogP contribution in [0.25, 0.3) is 32.7 Å². The van der Waals surface area contributed by atoms with E-state index in [4.69, 9.17) is 0 Å². The van der Waals surface area contributed by atoms with Gasteiger partial charge in [0, 0.05) is 0 Å². The van der Waals surface area contributed by atoms with Gasteiger partial charge in [-0.05, 0) is 81.2 Å². The van der Waals surface area contributed by atoms with E-state index in [1.165, 1.54) is 59.2 Å². The SMILES string of the molecule is C=CCP(c1ccccc1)c1ccc2ccccc2c1-c1c(P(c2ccccc2)c2ccccc2)ccc2ccccc12. The highest BCUT2D eigenvalue weighted by molar-refractivity contribution is 7.80. The van der Waals surface area contributed by atoms with E-state index in [0.717, 1.165) is 6.16 Å². The van der Waals surface area contributed by atoms with Crippen LogP contribution in [0.15, 0.2) is 176 Å². The lowest BCUT2D eigenvalue weighted by atomic mass is 9.93. The fourth-order valence-corrected chi connectivity index (χ4v) is 10.8. The van der Waals surface area contributed by atoms with Gasteiger partial charge in [-0.3, -0.25) is 0 Å². The first-order valence-corrected chi connectivity index (χ1v) is 17.6. The average molecular weight is 587 g/mol. The highest BCUT2D eigenvalue weighted by atomic mass is 31.1. The Morgan fingerprint density at radius 3 is 1.35 bits per heavy atom. The summed E-state index contributed by atoms with van der Waals surface area (Å²) >= 11 is 0. The standard InChI is InChI=1S/C41H32P2/c1-2-30-42(33-18-6-3-7-19-33)38-28-26-31-16-12-14-24-36(31)40(38)41-37-25-15-13-17-32(37)27-29-39(41)43(34-20-8-4-9-21-34)35-22-10-5-11-23-35/h2-29H,1,30H2. The maximum absolute atomic E-state index is 4.21. The molecule has 206 valence electrons. The lowest BCUT2D eigenvalue weighted by Crippen LogP contribution is -2.24. The number of allylic oxidation sites excluding steroid dienone is 1. The molecule has 0 radical (unpaired) electrons. The summed E-state index contributed by atoms with van der Waals surface area (Å²) in [6, 6.07) is 60.5. The Balaban J connectivity index is 1.63. The summed E-state index contributed by atoms with van der Waals surface area (Å²) in [7, 11) is -1.50. The number of fused-ring (bicyclic) bond motifs is 2. The molecular formula is C41H32P2. The van der Waals surface area contributed by atoms with Crippen LogP contribution >= 0.6 is 15.8 Å². The summed E-state index contributed by atoms with van der Waals surface area (Å²) in [6.45, 7) is 4.21. The van der Waals surface area contributed by atoms with Crippen LogP contribution in [0.2, 0.25) is 0 Å². The average Bonchev–Trinajstić information content (AvgIpc) is 3.08. The highest BCUT2D eigenvalue weighted by Crippen LogP contribution is 2.45. The lowest BCUT2D eigenvalue weighted by molar-refractivity contribution is 1.70. The third kappa shape index (κ3) is 5.34. The van der Waals surface area contributed by atoms with Crippen molar-refractivity contribution in [2.45, 2.75) is 0 Å². The maximum Gasteiger partial charge on any atom is -0.000895 e. The van der Waals surface area contributed by atoms with Gasteiger partial charge in [-0.15, -0.1) is 6.58 Å². The zero-order valence-corrected chi connectivity index (χ0v) is 25.8. The van der Waals surface area contributed by atoms with Crippen molar-refractivity contribution in [1.29, 1.82) is 0 Å². The van der Waals surface area contributed by atoms with Gasteiger partial charge in [0.1, 0.15) is 0 Å². The molecule has 7 aromatic rings. The van der Waals surface area contributed by atoms with Gasteiger partial charge in [0.2, 0.25) is 0 Å². The molecule has 0 fully saturated rings. The van der Waals surface area contributed by atoms with Gasteiger partial charge in [0.15, 0.2) is 0 Å². The predicted molar refractivity (Wildman–Crippen MR) is 193 cm³/mol. The van der Waals surface area contributed by atoms with Gasteiger partial charge in [0.05, 0.1) is 0 Å². The first-order valence-electron chi connectivity index (χ1n) is 14.7. The molecule has 0 spiro atoms. The van der Waals surface area contributed by atoms with Gasteiger partial charge in [-0.25, -0.2) is 0 Å². The second kappa shape index (κ2) is 12.5. The van der Waals surface area contributed by atoms with E-state index in [1.54, 1.807) is 0 Å². The zero-order valence-electron chi connectivity index (χ0n) is 24.0. The fraction of sp³-hybridized carbons (Fsp3) is 0.0244. The molecule has 0 heterocycles. The van der Waals surface area contributed by atoms with Crippen molar-refractivity contribution in [1.82, 2.24) is 0 Å². The van der Waals surface area contributed by atoms with Gasteiger partial charge < -0.3 is 0 Å². The van der Waals surface area contributed by atoms with Crippen LogP contribution < -0.4 is 26.5 Å². The second-order valence-electron chi connectivity index (χ2n) is 10.6. The van der Waals surface area contributed by atoms with Crippen molar-refractivity contribution in [2.24, 2.45) is 0 Å². The molecule has 7 rings (SSSR count). The Morgan fingerprint density at radius 1 is 0.419 bits per heavy atom. The number of benzene rings is 7. The van der Waals surface area contributed by atoms with Crippen LogP contribution in [-0.2, 0) is 0 Å². The molecule has 0 amide bonds. The summed E-state index contributed by atoms with van der Waals surface area (Å²) in [5.41, 5.74) is 2.72. The molecule has 0 aliphatic carbocycles. The van der Waals surface area contributed by atoms with E-state index in [-0.39, 0.29) is 0 Å². The summed E-state index contributed by atoms with van der Waals surface area (Å²) in [4.78, 5) is 0. The van der Waals surface area contributed by atoms with E-state index in [0.29, 0.717) is 0 Å². The Bertz CT molecular complexity index is 1980. The third-order valence-electron chi connectivity index (χ3n) is 8.00.